The molecule has 4 N–H and O–H groups in total. The maximum atomic E-state index is 6.30. The van der Waals surface area contributed by atoms with Gasteiger partial charge < -0.3 is 40.2 Å². The zero-order chi connectivity index (χ0) is 32.4. The summed E-state index contributed by atoms with van der Waals surface area (Å²) in [4.78, 5) is 0. The molecule has 6 aromatic carbocycles. The Morgan fingerprint density at radius 1 is 0.312 bits per heavy atom. The zero-order valence-electron chi connectivity index (χ0n) is 26.8. The van der Waals surface area contributed by atoms with E-state index in [-0.39, 0.29) is 0 Å². The summed E-state index contributed by atoms with van der Waals surface area (Å²) >= 11 is 0. The third-order valence-corrected chi connectivity index (χ3v) is 8.18. The number of anilines is 4. The Morgan fingerprint density at radius 2 is 0.542 bits per heavy atom. The van der Waals surface area contributed by atoms with Crippen molar-refractivity contribution in [3.8, 4) is 23.0 Å². The van der Waals surface area contributed by atoms with Crippen molar-refractivity contribution >= 4 is 44.3 Å². The van der Waals surface area contributed by atoms with Crippen LogP contribution in [-0.4, -0.2) is 52.6 Å². The number of para-hydroxylation sites is 4. The fraction of sp³-hybridized carbons (Fsp3) is 0.200. The fourth-order valence-corrected chi connectivity index (χ4v) is 5.82. The van der Waals surface area contributed by atoms with E-state index in [1.807, 2.05) is 48.5 Å². The Bertz CT molecular complexity index is 1700. The lowest BCUT2D eigenvalue weighted by molar-refractivity contribution is 0.282. The molecular weight excluding hydrogens is 600 g/mol. The number of hydrogen-bond donors (Lipinski definition) is 4. The summed E-state index contributed by atoms with van der Waals surface area (Å²) in [6.07, 6.45) is 0. The molecule has 0 spiro atoms. The van der Waals surface area contributed by atoms with Crippen molar-refractivity contribution < 1.29 is 18.9 Å². The van der Waals surface area contributed by atoms with E-state index in [4.69, 9.17) is 18.9 Å². The van der Waals surface area contributed by atoms with E-state index in [2.05, 4.69) is 94.1 Å². The first kappa shape index (κ1) is 30.9. The topological polar surface area (TPSA) is 85.0 Å². The van der Waals surface area contributed by atoms with Gasteiger partial charge in [-0.3, -0.25) is 0 Å². The van der Waals surface area contributed by atoms with Crippen LogP contribution in [0, 0.1) is 0 Å². The van der Waals surface area contributed by atoms with Gasteiger partial charge in [-0.05, 0) is 70.1 Å². The van der Waals surface area contributed by atoms with Gasteiger partial charge in [-0.15, -0.1) is 0 Å². The standard InChI is InChI=1S/C40H40N4O4/c1-2-10-30-26-38-37(25-29(30)9-1)45-21-17-41-33-13-5-6-14-34(33)43-19-23-47-39-27-31-11-3-4-12-32(31)28-40(39)48-24-20-44-36-16-8-7-15-35(36)42-18-22-46-38/h1-16,25-28,41-44H,17-24H2. The van der Waals surface area contributed by atoms with Crippen LogP contribution >= 0.6 is 0 Å². The molecule has 1 heterocycles. The minimum atomic E-state index is 0.466. The van der Waals surface area contributed by atoms with Crippen LogP contribution < -0.4 is 40.2 Å². The number of rotatable bonds is 0. The monoisotopic (exact) mass is 640 g/mol. The van der Waals surface area contributed by atoms with Crippen LogP contribution in [0.2, 0.25) is 0 Å². The van der Waals surface area contributed by atoms with Gasteiger partial charge in [-0.25, -0.2) is 0 Å². The molecule has 8 heteroatoms. The summed E-state index contributed by atoms with van der Waals surface area (Å²) in [5.74, 6) is 2.90. The number of nitrogens with one attached hydrogen (secondary N) is 4. The summed E-state index contributed by atoms with van der Waals surface area (Å²) in [5, 5.41) is 18.5. The van der Waals surface area contributed by atoms with Gasteiger partial charge in [-0.1, -0.05) is 72.8 Å². The summed E-state index contributed by atoms with van der Waals surface area (Å²) in [5.41, 5.74) is 4.00. The molecule has 0 radical (unpaired) electrons. The van der Waals surface area contributed by atoms with Crippen molar-refractivity contribution in [3.63, 3.8) is 0 Å². The molecule has 0 aromatic heterocycles. The van der Waals surface area contributed by atoms with Crippen LogP contribution in [-0.2, 0) is 0 Å². The average Bonchev–Trinajstić information content (AvgIpc) is 3.12. The van der Waals surface area contributed by atoms with Gasteiger partial charge >= 0.3 is 0 Å². The van der Waals surface area contributed by atoms with E-state index >= 15 is 0 Å². The van der Waals surface area contributed by atoms with E-state index in [1.165, 1.54) is 0 Å². The highest BCUT2D eigenvalue weighted by Crippen LogP contribution is 2.34. The summed E-state index contributed by atoms with van der Waals surface area (Å²) < 4.78 is 25.2. The average molecular weight is 641 g/mol. The maximum Gasteiger partial charge on any atom is 0.161 e. The summed E-state index contributed by atoms with van der Waals surface area (Å²) in [6.45, 7) is 4.33. The first-order chi connectivity index (χ1) is 23.8. The van der Waals surface area contributed by atoms with E-state index in [1.54, 1.807) is 0 Å². The lowest BCUT2D eigenvalue weighted by atomic mass is 10.1. The molecule has 1 aliphatic heterocycles. The Balaban J connectivity index is 1.11. The van der Waals surface area contributed by atoms with Gasteiger partial charge in [0.15, 0.2) is 23.0 Å². The van der Waals surface area contributed by atoms with E-state index < -0.39 is 0 Å². The Hall–Kier alpha value is -5.76. The maximum absolute atomic E-state index is 6.30. The quantitative estimate of drug-likeness (QED) is 0.132. The second kappa shape index (κ2) is 15.2. The normalized spacial score (nSPS) is 14.5. The predicted molar refractivity (Wildman–Crippen MR) is 197 cm³/mol. The highest BCUT2D eigenvalue weighted by Gasteiger charge is 2.11. The van der Waals surface area contributed by atoms with Crippen LogP contribution in [0.4, 0.5) is 22.7 Å². The van der Waals surface area contributed by atoms with E-state index in [0.29, 0.717) is 52.6 Å². The molecule has 6 aromatic rings. The van der Waals surface area contributed by atoms with Crippen molar-refractivity contribution in [2.45, 2.75) is 0 Å². The molecule has 48 heavy (non-hydrogen) atoms. The minimum absolute atomic E-state index is 0.466. The highest BCUT2D eigenvalue weighted by atomic mass is 16.5. The summed E-state index contributed by atoms with van der Waals surface area (Å²) in [7, 11) is 0. The molecule has 0 amide bonds. The molecule has 244 valence electrons. The molecule has 0 saturated carbocycles. The van der Waals surface area contributed by atoms with Gasteiger partial charge in [0.25, 0.3) is 0 Å². The fourth-order valence-electron chi connectivity index (χ4n) is 5.82. The SMILES string of the molecule is c1ccc2c(c1)NCCOc1cc3ccccc3cc1OCCNc1ccccc1NCCOc1cc3ccccc3cc1OCCN2. The molecule has 0 unspecified atom stereocenters. The van der Waals surface area contributed by atoms with E-state index in [9.17, 15) is 0 Å². The second-order valence-electron chi connectivity index (χ2n) is 11.5. The van der Waals surface area contributed by atoms with Crippen LogP contribution in [0.1, 0.15) is 0 Å². The Morgan fingerprint density at radius 3 is 0.792 bits per heavy atom. The molecule has 8 nitrogen and oxygen atoms in total. The van der Waals surface area contributed by atoms with Gasteiger partial charge in [-0.2, -0.15) is 0 Å². The van der Waals surface area contributed by atoms with Gasteiger partial charge in [0, 0.05) is 26.2 Å². The van der Waals surface area contributed by atoms with Crippen molar-refractivity contribution in [2.24, 2.45) is 0 Å². The van der Waals surface area contributed by atoms with Crippen molar-refractivity contribution in [1.29, 1.82) is 0 Å². The number of fused-ring (bicyclic) bond motifs is 6. The minimum Gasteiger partial charge on any atom is -0.488 e. The first-order valence-corrected chi connectivity index (χ1v) is 16.5. The van der Waals surface area contributed by atoms with Gasteiger partial charge in [0.2, 0.25) is 0 Å². The largest absolute Gasteiger partial charge is 0.488 e. The van der Waals surface area contributed by atoms with Crippen molar-refractivity contribution in [1.82, 2.24) is 0 Å². The lowest BCUT2D eigenvalue weighted by Gasteiger charge is -2.18. The number of benzene rings is 6. The molecular formula is C40H40N4O4. The molecule has 0 saturated heterocycles. The van der Waals surface area contributed by atoms with E-state index in [0.717, 1.165) is 67.3 Å². The van der Waals surface area contributed by atoms with Gasteiger partial charge in [0.05, 0.1) is 22.7 Å². The molecule has 0 atom stereocenters. The lowest BCUT2D eigenvalue weighted by Crippen LogP contribution is -2.17. The number of hydrogen-bond acceptors (Lipinski definition) is 8. The first-order valence-electron chi connectivity index (χ1n) is 16.5. The van der Waals surface area contributed by atoms with Gasteiger partial charge in [0.1, 0.15) is 26.4 Å². The Kier molecular flexibility index (Phi) is 9.79. The Labute approximate surface area is 281 Å². The zero-order valence-corrected chi connectivity index (χ0v) is 26.8. The van der Waals surface area contributed by atoms with Crippen LogP contribution in [0.3, 0.4) is 0 Å². The van der Waals surface area contributed by atoms with Crippen molar-refractivity contribution in [2.75, 3.05) is 73.9 Å². The third kappa shape index (κ3) is 7.61. The molecule has 0 fully saturated rings. The number of ether oxygens (including phenoxy) is 4. The molecule has 0 bridgehead atoms. The second-order valence-corrected chi connectivity index (χ2v) is 11.5. The molecule has 7 rings (SSSR count). The molecule has 0 aliphatic carbocycles. The predicted octanol–water partition coefficient (Wildman–Crippen LogP) is 8.27. The molecule has 1 aliphatic rings. The van der Waals surface area contributed by atoms with Crippen molar-refractivity contribution in [3.05, 3.63) is 121 Å². The van der Waals surface area contributed by atoms with Crippen LogP contribution in [0.25, 0.3) is 21.5 Å². The third-order valence-electron chi connectivity index (χ3n) is 8.18. The summed E-state index contributed by atoms with van der Waals surface area (Å²) in [6, 6.07) is 41.1. The van der Waals surface area contributed by atoms with Crippen LogP contribution in [0.5, 0.6) is 23.0 Å². The smallest absolute Gasteiger partial charge is 0.161 e. The van der Waals surface area contributed by atoms with Crippen LogP contribution in [0.15, 0.2) is 121 Å². The highest BCUT2D eigenvalue weighted by molar-refractivity contribution is 5.87.